The van der Waals surface area contributed by atoms with Gasteiger partial charge in [-0.2, -0.15) is 0 Å². The van der Waals surface area contributed by atoms with E-state index in [0.29, 0.717) is 31.6 Å². The van der Waals surface area contributed by atoms with E-state index in [1.807, 2.05) is 30.8 Å². The molecule has 0 unspecified atom stereocenters. The highest BCUT2D eigenvalue weighted by Gasteiger charge is 2.30. The number of carbonyl (C=O) groups excluding carboxylic acids is 1. The van der Waals surface area contributed by atoms with Gasteiger partial charge in [0.05, 0.1) is 5.60 Å². The van der Waals surface area contributed by atoms with Crippen molar-refractivity contribution in [3.05, 3.63) is 22.4 Å². The Morgan fingerprint density at radius 3 is 2.53 bits per heavy atom. The monoisotopic (exact) mass is 300 g/mol. The van der Waals surface area contributed by atoms with Gasteiger partial charge in [-0.25, -0.2) is 0 Å². The van der Waals surface area contributed by atoms with Crippen LogP contribution in [-0.4, -0.2) is 39.2 Å². The molecule has 1 aromatic rings. The van der Waals surface area contributed by atoms with Crippen molar-refractivity contribution in [1.82, 2.24) is 9.47 Å². The number of aromatic nitrogens is 1. The molecule has 1 saturated heterocycles. The highest BCUT2D eigenvalue weighted by molar-refractivity contribution is 9.10. The summed E-state index contributed by atoms with van der Waals surface area (Å²) in [5.74, 6) is 0.0358. The predicted molar refractivity (Wildman–Crippen MR) is 68.9 cm³/mol. The van der Waals surface area contributed by atoms with Gasteiger partial charge < -0.3 is 14.6 Å². The van der Waals surface area contributed by atoms with E-state index in [4.69, 9.17) is 0 Å². The van der Waals surface area contributed by atoms with Crippen molar-refractivity contribution in [2.45, 2.75) is 25.4 Å². The van der Waals surface area contributed by atoms with Gasteiger partial charge in [0.15, 0.2) is 0 Å². The van der Waals surface area contributed by atoms with Crippen molar-refractivity contribution in [1.29, 1.82) is 0 Å². The summed E-state index contributed by atoms with van der Waals surface area (Å²) in [7, 11) is 1.86. The minimum Gasteiger partial charge on any atom is -0.390 e. The van der Waals surface area contributed by atoms with Gasteiger partial charge in [-0.05, 0) is 41.8 Å². The zero-order valence-electron chi connectivity index (χ0n) is 10.1. The number of amides is 1. The Bertz CT molecular complexity index is 430. The lowest BCUT2D eigenvalue weighted by Gasteiger charge is -2.35. The number of carbonyl (C=O) groups is 1. The highest BCUT2D eigenvalue weighted by Crippen LogP contribution is 2.23. The summed E-state index contributed by atoms with van der Waals surface area (Å²) in [5.41, 5.74) is 0.0596. The quantitative estimate of drug-likeness (QED) is 0.859. The van der Waals surface area contributed by atoms with Gasteiger partial charge >= 0.3 is 0 Å². The number of halogens is 1. The molecular formula is C12H17BrN2O2. The van der Waals surface area contributed by atoms with E-state index in [1.165, 1.54) is 0 Å². The summed E-state index contributed by atoms with van der Waals surface area (Å²) in [5, 5.41) is 9.85. The van der Waals surface area contributed by atoms with Gasteiger partial charge in [0.1, 0.15) is 5.69 Å². The summed E-state index contributed by atoms with van der Waals surface area (Å²) in [4.78, 5) is 14.1. The van der Waals surface area contributed by atoms with Crippen LogP contribution in [0.5, 0.6) is 0 Å². The molecule has 1 aliphatic heterocycles. The summed E-state index contributed by atoms with van der Waals surface area (Å²) < 4.78 is 2.73. The van der Waals surface area contributed by atoms with Crippen LogP contribution >= 0.6 is 15.9 Å². The lowest BCUT2D eigenvalue weighted by molar-refractivity contribution is -0.00228. The summed E-state index contributed by atoms with van der Waals surface area (Å²) >= 11 is 3.36. The van der Waals surface area contributed by atoms with Gasteiger partial charge in [-0.1, -0.05) is 0 Å². The molecule has 0 aromatic carbocycles. The molecule has 1 N–H and O–H groups in total. The van der Waals surface area contributed by atoms with Crippen LogP contribution in [0.3, 0.4) is 0 Å². The Morgan fingerprint density at radius 2 is 2.06 bits per heavy atom. The molecule has 2 rings (SSSR count). The van der Waals surface area contributed by atoms with E-state index in [9.17, 15) is 9.90 Å². The smallest absolute Gasteiger partial charge is 0.270 e. The lowest BCUT2D eigenvalue weighted by Crippen LogP contribution is -2.45. The first-order valence-electron chi connectivity index (χ1n) is 5.72. The average molecular weight is 301 g/mol. The molecule has 1 aromatic heterocycles. The Hall–Kier alpha value is -0.810. The third kappa shape index (κ3) is 2.72. The molecule has 1 aliphatic rings. The molecule has 5 heteroatoms. The second-order valence-electron chi connectivity index (χ2n) is 4.94. The molecule has 0 bridgehead atoms. The topological polar surface area (TPSA) is 45.5 Å². The van der Waals surface area contributed by atoms with Crippen molar-refractivity contribution in [3.8, 4) is 0 Å². The Labute approximate surface area is 109 Å². The Balaban J connectivity index is 2.09. The van der Waals surface area contributed by atoms with Crippen LogP contribution in [0.4, 0.5) is 0 Å². The van der Waals surface area contributed by atoms with Crippen LogP contribution in [0.15, 0.2) is 16.7 Å². The first-order valence-corrected chi connectivity index (χ1v) is 6.52. The van der Waals surface area contributed by atoms with E-state index in [0.717, 1.165) is 4.47 Å². The van der Waals surface area contributed by atoms with Crippen molar-refractivity contribution in [2.24, 2.45) is 7.05 Å². The number of hydrogen-bond acceptors (Lipinski definition) is 2. The largest absolute Gasteiger partial charge is 0.390 e. The molecule has 17 heavy (non-hydrogen) atoms. The fourth-order valence-electron chi connectivity index (χ4n) is 2.09. The van der Waals surface area contributed by atoms with E-state index < -0.39 is 5.60 Å². The molecule has 0 atom stereocenters. The zero-order valence-corrected chi connectivity index (χ0v) is 11.7. The highest BCUT2D eigenvalue weighted by atomic mass is 79.9. The fourth-order valence-corrected chi connectivity index (χ4v) is 2.61. The molecule has 0 radical (unpaired) electrons. The van der Waals surface area contributed by atoms with E-state index in [2.05, 4.69) is 15.9 Å². The molecule has 0 spiro atoms. The lowest BCUT2D eigenvalue weighted by atomic mass is 9.94. The summed E-state index contributed by atoms with van der Waals surface area (Å²) in [6.07, 6.45) is 3.15. The number of nitrogens with zero attached hydrogens (tertiary/aromatic N) is 2. The van der Waals surface area contributed by atoms with Crippen molar-refractivity contribution >= 4 is 21.8 Å². The van der Waals surface area contributed by atoms with Gasteiger partial charge in [-0.3, -0.25) is 4.79 Å². The van der Waals surface area contributed by atoms with Crippen LogP contribution in [0.1, 0.15) is 30.3 Å². The molecule has 4 nitrogen and oxygen atoms in total. The number of likely N-dealkylation sites (tertiary alicyclic amines) is 1. The van der Waals surface area contributed by atoms with Crippen LogP contribution in [0.2, 0.25) is 0 Å². The van der Waals surface area contributed by atoms with Crippen molar-refractivity contribution in [3.63, 3.8) is 0 Å². The first kappa shape index (κ1) is 12.6. The molecule has 94 valence electrons. The van der Waals surface area contributed by atoms with Gasteiger partial charge in [0, 0.05) is 30.8 Å². The fraction of sp³-hybridized carbons (Fsp3) is 0.583. The minimum atomic E-state index is -0.619. The standard InChI is InChI=1S/C12H17BrN2O2/c1-12(17)3-5-15(6-4-12)11(16)10-7-9(13)8-14(10)2/h7-8,17H,3-6H2,1-2H3. The first-order chi connectivity index (χ1) is 7.89. The van der Waals surface area contributed by atoms with E-state index in [1.54, 1.807) is 4.90 Å². The van der Waals surface area contributed by atoms with Crippen LogP contribution < -0.4 is 0 Å². The number of aryl methyl sites for hydroxylation is 1. The van der Waals surface area contributed by atoms with Crippen molar-refractivity contribution in [2.75, 3.05) is 13.1 Å². The maximum atomic E-state index is 12.2. The molecule has 0 aliphatic carbocycles. The number of piperidine rings is 1. The van der Waals surface area contributed by atoms with E-state index in [-0.39, 0.29) is 5.91 Å². The second-order valence-corrected chi connectivity index (χ2v) is 5.86. The van der Waals surface area contributed by atoms with Crippen LogP contribution in [0, 0.1) is 0 Å². The minimum absolute atomic E-state index is 0.0358. The second kappa shape index (κ2) is 4.46. The molecule has 1 amide bonds. The molecule has 2 heterocycles. The van der Waals surface area contributed by atoms with Crippen molar-refractivity contribution < 1.29 is 9.90 Å². The summed E-state index contributed by atoms with van der Waals surface area (Å²) in [6, 6.07) is 1.83. The van der Waals surface area contributed by atoms with E-state index >= 15 is 0 Å². The Morgan fingerprint density at radius 1 is 1.47 bits per heavy atom. The number of hydrogen-bond donors (Lipinski definition) is 1. The number of aliphatic hydroxyl groups is 1. The van der Waals surface area contributed by atoms with Crippen LogP contribution in [-0.2, 0) is 7.05 Å². The number of rotatable bonds is 1. The van der Waals surface area contributed by atoms with Crippen LogP contribution in [0.25, 0.3) is 0 Å². The van der Waals surface area contributed by atoms with Gasteiger partial charge in [-0.15, -0.1) is 0 Å². The molecule has 0 saturated carbocycles. The molecule has 1 fully saturated rings. The summed E-state index contributed by atoms with van der Waals surface area (Å²) in [6.45, 7) is 3.07. The maximum Gasteiger partial charge on any atom is 0.270 e. The third-order valence-electron chi connectivity index (χ3n) is 3.32. The molecular weight excluding hydrogens is 284 g/mol. The third-order valence-corrected chi connectivity index (χ3v) is 3.75. The predicted octanol–water partition coefficient (Wildman–Crippen LogP) is 1.77. The normalized spacial score (nSPS) is 19.4. The van der Waals surface area contributed by atoms with Gasteiger partial charge in [0.2, 0.25) is 0 Å². The SMILES string of the molecule is Cn1cc(Br)cc1C(=O)N1CCC(C)(O)CC1. The zero-order chi connectivity index (χ0) is 12.6. The van der Waals surface area contributed by atoms with Gasteiger partial charge in [0.25, 0.3) is 5.91 Å². The Kier molecular flexibility index (Phi) is 3.32. The maximum absolute atomic E-state index is 12.2. The average Bonchev–Trinajstić information content (AvgIpc) is 2.57.